The zero-order chi connectivity index (χ0) is 22.9. The second-order valence-corrected chi connectivity index (χ2v) is 9.11. The van der Waals surface area contributed by atoms with Crippen molar-refractivity contribution in [2.75, 3.05) is 24.9 Å². The van der Waals surface area contributed by atoms with E-state index in [1.165, 1.54) is 30.6 Å². The highest BCUT2D eigenvalue weighted by molar-refractivity contribution is 7.89. The molecule has 1 unspecified atom stereocenters. The number of alkyl halides is 1. The minimum atomic E-state index is -3.40. The van der Waals surface area contributed by atoms with Gasteiger partial charge in [0.25, 0.3) is 0 Å². The normalized spacial score (nSPS) is 12.8. The molecule has 4 aromatic rings. The molecule has 11 heteroatoms. The monoisotopic (exact) mass is 461 g/mol. The van der Waals surface area contributed by atoms with Crippen molar-refractivity contribution in [2.24, 2.45) is 0 Å². The number of aromatic nitrogens is 4. The minimum Gasteiger partial charge on any atom is -0.490 e. The van der Waals surface area contributed by atoms with Crippen LogP contribution in [0.1, 0.15) is 18.5 Å². The van der Waals surface area contributed by atoms with Crippen LogP contribution in [0, 0.1) is 5.82 Å². The van der Waals surface area contributed by atoms with Gasteiger partial charge in [0.2, 0.25) is 10.0 Å². The molecule has 0 saturated carbocycles. The zero-order valence-corrected chi connectivity index (χ0v) is 18.2. The number of hydrogen-bond donors (Lipinski definition) is 1. The maximum Gasteiger partial charge on any atom is 0.235 e. The van der Waals surface area contributed by atoms with Gasteiger partial charge in [-0.05, 0) is 37.3 Å². The quantitative estimate of drug-likeness (QED) is 0.431. The first-order valence-corrected chi connectivity index (χ1v) is 11.6. The number of anilines is 1. The van der Waals surface area contributed by atoms with Crippen LogP contribution in [0.5, 0.6) is 5.75 Å². The highest BCUT2D eigenvalue weighted by atomic mass is 32.2. The molecule has 168 valence electrons. The van der Waals surface area contributed by atoms with Gasteiger partial charge in [-0.3, -0.25) is 3.97 Å². The molecule has 1 aromatic carbocycles. The van der Waals surface area contributed by atoms with Crippen LogP contribution in [0.2, 0.25) is 0 Å². The summed E-state index contributed by atoms with van der Waals surface area (Å²) in [7, 11) is -3.40. The predicted octanol–water partition coefficient (Wildman–Crippen LogP) is 3.67. The van der Waals surface area contributed by atoms with E-state index in [4.69, 9.17) is 4.74 Å². The summed E-state index contributed by atoms with van der Waals surface area (Å²) in [5.74, 6) is 0.449. The smallest absolute Gasteiger partial charge is 0.235 e. The van der Waals surface area contributed by atoms with Crippen LogP contribution in [0.4, 0.5) is 14.6 Å². The molecule has 8 nitrogen and oxygen atoms in total. The molecule has 0 amide bonds. The molecule has 3 heterocycles. The van der Waals surface area contributed by atoms with Gasteiger partial charge in [-0.25, -0.2) is 26.7 Å². The third-order valence-corrected chi connectivity index (χ3v) is 5.86. The Labute approximate surface area is 183 Å². The summed E-state index contributed by atoms with van der Waals surface area (Å²) in [5, 5.41) is 7.47. The van der Waals surface area contributed by atoms with Crippen LogP contribution < -0.4 is 10.1 Å². The maximum absolute atomic E-state index is 13.8. The molecule has 0 bridgehead atoms. The lowest BCUT2D eigenvalue weighted by atomic mass is 10.1. The molecule has 0 radical (unpaired) electrons. The van der Waals surface area contributed by atoms with Crippen LogP contribution in [0.25, 0.3) is 16.8 Å². The van der Waals surface area contributed by atoms with Gasteiger partial charge >= 0.3 is 0 Å². The van der Waals surface area contributed by atoms with Gasteiger partial charge in [-0.15, -0.1) is 0 Å². The summed E-state index contributed by atoms with van der Waals surface area (Å²) >= 11 is 0. The molecular formula is C21H21F2N5O3S. The van der Waals surface area contributed by atoms with Crippen molar-refractivity contribution in [3.05, 3.63) is 66.5 Å². The lowest BCUT2D eigenvalue weighted by Crippen LogP contribution is -2.11. The van der Waals surface area contributed by atoms with Crippen molar-refractivity contribution in [2.45, 2.75) is 13.0 Å². The number of rotatable bonds is 8. The van der Waals surface area contributed by atoms with Crippen LogP contribution in [0.15, 0.2) is 55.1 Å². The summed E-state index contributed by atoms with van der Waals surface area (Å²) in [4.78, 5) is 4.60. The fraction of sp³-hybridized carbons (Fsp3) is 0.238. The molecule has 0 spiro atoms. The molecule has 3 aromatic heterocycles. The summed E-state index contributed by atoms with van der Waals surface area (Å²) in [6.07, 6.45) is 7.39. The number of nitrogens with zero attached hydrogens (tertiary/aromatic N) is 4. The lowest BCUT2D eigenvalue weighted by Gasteiger charge is -2.19. The summed E-state index contributed by atoms with van der Waals surface area (Å²) < 4.78 is 58.0. The maximum atomic E-state index is 13.8. The molecule has 1 N–H and O–H groups in total. The summed E-state index contributed by atoms with van der Waals surface area (Å²) in [6.45, 7) is 1.04. The molecule has 0 fully saturated rings. The van der Waals surface area contributed by atoms with Gasteiger partial charge in [0.05, 0.1) is 18.5 Å². The first-order chi connectivity index (χ1) is 15.3. The van der Waals surface area contributed by atoms with Crippen LogP contribution >= 0.6 is 0 Å². The molecule has 0 saturated heterocycles. The van der Waals surface area contributed by atoms with E-state index in [-0.39, 0.29) is 6.61 Å². The average molecular weight is 461 g/mol. The second kappa shape index (κ2) is 8.58. The highest BCUT2D eigenvalue weighted by Gasteiger charge is 2.16. The summed E-state index contributed by atoms with van der Waals surface area (Å²) in [5.41, 5.74) is 2.34. The van der Waals surface area contributed by atoms with E-state index in [9.17, 15) is 17.2 Å². The standard InChI is InChI=1S/C21H21F2N5O3S/c1-14(17-11-16(23)3-4-19(17)31-10-7-22)25-20-6-9-28-21(26-20)18(12-24-28)15-5-8-27(13-15)32(2,29)30/h3-6,8-9,11-14H,7,10H2,1-2H3,(H,25,26). The van der Waals surface area contributed by atoms with Gasteiger partial charge in [0, 0.05) is 35.3 Å². The Hall–Kier alpha value is -3.47. The van der Waals surface area contributed by atoms with E-state index < -0.39 is 28.6 Å². The number of ether oxygens (including phenoxy) is 1. The fourth-order valence-corrected chi connectivity index (χ4v) is 3.92. The third-order valence-electron chi connectivity index (χ3n) is 4.87. The van der Waals surface area contributed by atoms with Crippen molar-refractivity contribution in [1.82, 2.24) is 18.6 Å². The van der Waals surface area contributed by atoms with E-state index in [0.29, 0.717) is 33.9 Å². The Kier molecular flexibility index (Phi) is 5.83. The largest absolute Gasteiger partial charge is 0.490 e. The number of nitrogens with one attached hydrogen (secondary N) is 1. The Morgan fingerprint density at radius 1 is 1.22 bits per heavy atom. The Bertz CT molecular complexity index is 1370. The number of benzene rings is 1. The average Bonchev–Trinajstić information content (AvgIpc) is 3.39. The molecule has 0 aliphatic rings. The predicted molar refractivity (Wildman–Crippen MR) is 117 cm³/mol. The van der Waals surface area contributed by atoms with Crippen molar-refractivity contribution in [3.8, 4) is 16.9 Å². The van der Waals surface area contributed by atoms with Gasteiger partial charge in [0.1, 0.15) is 30.7 Å². The van der Waals surface area contributed by atoms with Crippen molar-refractivity contribution < 1.29 is 21.9 Å². The first kappa shape index (κ1) is 21.8. The molecule has 32 heavy (non-hydrogen) atoms. The van der Waals surface area contributed by atoms with Gasteiger partial charge < -0.3 is 10.1 Å². The minimum absolute atomic E-state index is 0.123. The van der Waals surface area contributed by atoms with E-state index in [0.717, 1.165) is 10.2 Å². The molecule has 0 aliphatic carbocycles. The van der Waals surface area contributed by atoms with E-state index >= 15 is 0 Å². The Morgan fingerprint density at radius 2 is 2.03 bits per heavy atom. The van der Waals surface area contributed by atoms with Crippen LogP contribution in [0.3, 0.4) is 0 Å². The lowest BCUT2D eigenvalue weighted by molar-refractivity contribution is 0.270. The highest BCUT2D eigenvalue weighted by Crippen LogP contribution is 2.30. The fourth-order valence-electron chi connectivity index (χ4n) is 3.33. The second-order valence-electron chi connectivity index (χ2n) is 7.22. The van der Waals surface area contributed by atoms with Gasteiger partial charge in [-0.2, -0.15) is 5.10 Å². The zero-order valence-electron chi connectivity index (χ0n) is 17.4. The topological polar surface area (TPSA) is 90.5 Å². The SMILES string of the molecule is CC(Nc1ccn2ncc(-c3ccn(S(C)(=O)=O)c3)c2n1)c1cc(F)ccc1OCCF. The first-order valence-electron chi connectivity index (χ1n) is 9.74. The van der Waals surface area contributed by atoms with Crippen molar-refractivity contribution >= 4 is 21.5 Å². The van der Waals surface area contributed by atoms with Gasteiger partial charge in [-0.1, -0.05) is 0 Å². The van der Waals surface area contributed by atoms with E-state index in [1.807, 2.05) is 6.92 Å². The van der Waals surface area contributed by atoms with E-state index in [2.05, 4.69) is 15.4 Å². The molecule has 1 atom stereocenters. The van der Waals surface area contributed by atoms with Crippen LogP contribution in [-0.2, 0) is 10.0 Å². The molecular weight excluding hydrogens is 440 g/mol. The van der Waals surface area contributed by atoms with Crippen molar-refractivity contribution in [1.29, 1.82) is 0 Å². The molecule has 0 aliphatic heterocycles. The third kappa shape index (κ3) is 4.42. The molecule has 4 rings (SSSR count). The Balaban J connectivity index is 1.65. The summed E-state index contributed by atoms with van der Waals surface area (Å²) in [6, 6.07) is 7.05. The van der Waals surface area contributed by atoms with Gasteiger partial charge in [0.15, 0.2) is 5.65 Å². The Morgan fingerprint density at radius 3 is 2.75 bits per heavy atom. The van der Waals surface area contributed by atoms with Crippen molar-refractivity contribution in [3.63, 3.8) is 0 Å². The number of fused-ring (bicyclic) bond motifs is 1. The number of halogens is 2. The van der Waals surface area contributed by atoms with E-state index in [1.54, 1.807) is 29.0 Å². The number of hydrogen-bond acceptors (Lipinski definition) is 6. The van der Waals surface area contributed by atoms with Crippen LogP contribution in [-0.4, -0.2) is 46.5 Å².